The quantitative estimate of drug-likeness (QED) is 0.763. The Morgan fingerprint density at radius 2 is 2.25 bits per heavy atom. The van der Waals surface area contributed by atoms with Crippen molar-refractivity contribution >= 4 is 5.97 Å². The van der Waals surface area contributed by atoms with Gasteiger partial charge in [-0.15, -0.1) is 0 Å². The lowest BCUT2D eigenvalue weighted by Gasteiger charge is -2.14. The van der Waals surface area contributed by atoms with Gasteiger partial charge in [0.05, 0.1) is 19.1 Å². The number of methoxy groups -OCH3 is 1. The summed E-state index contributed by atoms with van der Waals surface area (Å²) in [5.74, 6) is -0.254. The monoisotopic (exact) mass is 225 g/mol. The molecule has 0 radical (unpaired) electrons. The smallest absolute Gasteiger partial charge is 0.322 e. The van der Waals surface area contributed by atoms with Crippen LogP contribution in [0.15, 0.2) is 12.5 Å². The number of hydrogen-bond donors (Lipinski definition) is 1. The molecule has 0 aliphatic heterocycles. The van der Waals surface area contributed by atoms with E-state index in [1.165, 1.54) is 7.11 Å². The molecule has 0 bridgehead atoms. The number of nitrogens with one attached hydrogen (secondary N) is 1. The second-order valence-electron chi connectivity index (χ2n) is 4.01. The van der Waals surface area contributed by atoms with Crippen LogP contribution in [0.2, 0.25) is 0 Å². The molecule has 5 nitrogen and oxygen atoms in total. The van der Waals surface area contributed by atoms with E-state index in [0.717, 1.165) is 5.69 Å². The van der Waals surface area contributed by atoms with Crippen LogP contribution in [0.4, 0.5) is 0 Å². The maximum atomic E-state index is 11.2. The van der Waals surface area contributed by atoms with E-state index in [1.807, 2.05) is 0 Å². The first kappa shape index (κ1) is 12.7. The highest BCUT2D eigenvalue weighted by Gasteiger charge is 2.13. The first-order valence-corrected chi connectivity index (χ1v) is 5.38. The van der Waals surface area contributed by atoms with Crippen molar-refractivity contribution in [3.63, 3.8) is 0 Å². The average Bonchev–Trinajstić information content (AvgIpc) is 2.72. The summed E-state index contributed by atoms with van der Waals surface area (Å²) >= 11 is 0. The number of aromatic nitrogens is 2. The molecule has 1 atom stereocenters. The second kappa shape index (κ2) is 5.65. The van der Waals surface area contributed by atoms with Crippen molar-refractivity contribution in [3.05, 3.63) is 18.2 Å². The van der Waals surface area contributed by atoms with E-state index in [-0.39, 0.29) is 12.0 Å². The summed E-state index contributed by atoms with van der Waals surface area (Å²) in [7, 11) is 1.39. The van der Waals surface area contributed by atoms with Crippen LogP contribution in [0.25, 0.3) is 0 Å². The Labute approximate surface area is 95.8 Å². The van der Waals surface area contributed by atoms with E-state index in [4.69, 9.17) is 0 Å². The third-order valence-electron chi connectivity index (χ3n) is 2.45. The summed E-state index contributed by atoms with van der Waals surface area (Å²) in [6, 6.07) is 0.0632. The lowest BCUT2D eigenvalue weighted by molar-refractivity contribution is -0.142. The van der Waals surface area contributed by atoms with Crippen molar-refractivity contribution in [2.75, 3.05) is 7.11 Å². The minimum Gasteiger partial charge on any atom is -0.468 e. The number of carbonyl (C=O) groups excluding carboxylic acids is 1. The Morgan fingerprint density at radius 1 is 1.56 bits per heavy atom. The topological polar surface area (TPSA) is 56.1 Å². The predicted molar refractivity (Wildman–Crippen MR) is 60.9 cm³/mol. The van der Waals surface area contributed by atoms with Crippen molar-refractivity contribution in [2.24, 2.45) is 0 Å². The average molecular weight is 225 g/mol. The zero-order valence-electron chi connectivity index (χ0n) is 10.2. The maximum Gasteiger partial charge on any atom is 0.322 e. The van der Waals surface area contributed by atoms with E-state index in [1.54, 1.807) is 19.4 Å². The Bertz CT molecular complexity index is 347. The molecule has 16 heavy (non-hydrogen) atoms. The van der Waals surface area contributed by atoms with E-state index < -0.39 is 0 Å². The molecule has 5 heteroatoms. The van der Waals surface area contributed by atoms with Crippen LogP contribution in [0.5, 0.6) is 0 Å². The number of carbonyl (C=O) groups is 1. The Kier molecular flexibility index (Phi) is 4.49. The fourth-order valence-electron chi connectivity index (χ4n) is 1.45. The number of nitrogens with zero attached hydrogens (tertiary/aromatic N) is 2. The summed E-state index contributed by atoms with van der Waals surface area (Å²) in [6.07, 6.45) is 3.60. The number of imidazole rings is 1. The van der Waals surface area contributed by atoms with Gasteiger partial charge in [-0.1, -0.05) is 0 Å². The summed E-state index contributed by atoms with van der Waals surface area (Å²) in [5, 5.41) is 3.10. The van der Waals surface area contributed by atoms with E-state index in [9.17, 15) is 4.79 Å². The Hall–Kier alpha value is -1.36. The molecule has 0 spiro atoms. The number of ether oxygens (including phenoxy) is 1. The lowest BCUT2D eigenvalue weighted by Crippen LogP contribution is -2.34. The van der Waals surface area contributed by atoms with Gasteiger partial charge in [-0.25, -0.2) is 4.98 Å². The zero-order chi connectivity index (χ0) is 12.1. The molecular weight excluding hydrogens is 206 g/mol. The first-order valence-electron chi connectivity index (χ1n) is 5.38. The highest BCUT2D eigenvalue weighted by Crippen LogP contribution is 2.08. The van der Waals surface area contributed by atoms with Gasteiger partial charge in [0.2, 0.25) is 0 Å². The predicted octanol–water partition coefficient (Wildman–Crippen LogP) is 1.12. The van der Waals surface area contributed by atoms with Gasteiger partial charge in [-0.3, -0.25) is 10.1 Å². The van der Waals surface area contributed by atoms with Crippen LogP contribution in [-0.2, 0) is 16.1 Å². The van der Waals surface area contributed by atoms with Crippen LogP contribution in [0.3, 0.4) is 0 Å². The van der Waals surface area contributed by atoms with E-state index in [2.05, 4.69) is 33.5 Å². The summed E-state index contributed by atoms with van der Waals surface area (Å²) in [5.41, 5.74) is 1.06. The van der Waals surface area contributed by atoms with Crippen molar-refractivity contribution in [1.29, 1.82) is 0 Å². The Morgan fingerprint density at radius 3 is 2.81 bits per heavy atom. The molecular formula is C11H19N3O2. The van der Waals surface area contributed by atoms with Gasteiger partial charge in [0.1, 0.15) is 6.04 Å². The van der Waals surface area contributed by atoms with Crippen molar-refractivity contribution in [1.82, 2.24) is 14.9 Å². The molecule has 0 aromatic carbocycles. The fourth-order valence-corrected chi connectivity index (χ4v) is 1.45. The zero-order valence-corrected chi connectivity index (χ0v) is 10.2. The van der Waals surface area contributed by atoms with Crippen LogP contribution < -0.4 is 5.32 Å². The summed E-state index contributed by atoms with van der Waals surface area (Å²) in [6.45, 7) is 6.57. The minimum absolute atomic E-state index is 0.254. The standard InChI is InChI=1S/C11H19N3O2/c1-8(2)14-7-12-5-10(14)6-13-9(3)11(15)16-4/h5,7-9,13H,6H2,1-4H3/t9-/m0/s1. The normalized spacial score (nSPS) is 12.8. The highest BCUT2D eigenvalue weighted by atomic mass is 16.5. The molecule has 0 saturated heterocycles. The lowest BCUT2D eigenvalue weighted by atomic mass is 10.3. The van der Waals surface area contributed by atoms with Gasteiger partial charge in [0.25, 0.3) is 0 Å². The molecule has 0 aliphatic rings. The molecule has 0 amide bonds. The maximum absolute atomic E-state index is 11.2. The van der Waals surface area contributed by atoms with Gasteiger partial charge < -0.3 is 9.30 Å². The number of hydrogen-bond acceptors (Lipinski definition) is 4. The van der Waals surface area contributed by atoms with Crippen LogP contribution in [0, 0.1) is 0 Å². The molecule has 0 unspecified atom stereocenters. The van der Waals surface area contributed by atoms with Crippen LogP contribution >= 0.6 is 0 Å². The first-order chi connectivity index (χ1) is 7.56. The molecule has 1 N–H and O–H groups in total. The van der Waals surface area contributed by atoms with Crippen molar-refractivity contribution < 1.29 is 9.53 Å². The van der Waals surface area contributed by atoms with Gasteiger partial charge in [-0.2, -0.15) is 0 Å². The number of rotatable bonds is 5. The molecule has 90 valence electrons. The van der Waals surface area contributed by atoms with Crippen LogP contribution in [-0.4, -0.2) is 28.7 Å². The molecule has 0 fully saturated rings. The Balaban J connectivity index is 2.54. The second-order valence-corrected chi connectivity index (χ2v) is 4.01. The van der Waals surface area contributed by atoms with Gasteiger partial charge in [0.15, 0.2) is 0 Å². The van der Waals surface area contributed by atoms with Crippen molar-refractivity contribution in [3.8, 4) is 0 Å². The summed E-state index contributed by atoms with van der Waals surface area (Å²) < 4.78 is 6.70. The highest BCUT2D eigenvalue weighted by molar-refractivity contribution is 5.75. The molecule has 0 saturated carbocycles. The molecule has 1 aromatic heterocycles. The third kappa shape index (κ3) is 3.06. The largest absolute Gasteiger partial charge is 0.468 e. The molecule has 1 heterocycles. The van der Waals surface area contributed by atoms with Gasteiger partial charge >= 0.3 is 5.97 Å². The van der Waals surface area contributed by atoms with Crippen molar-refractivity contribution in [2.45, 2.75) is 39.4 Å². The molecule has 0 aliphatic carbocycles. The van der Waals surface area contributed by atoms with E-state index in [0.29, 0.717) is 12.6 Å². The van der Waals surface area contributed by atoms with Gasteiger partial charge in [-0.05, 0) is 20.8 Å². The fraction of sp³-hybridized carbons (Fsp3) is 0.636. The minimum atomic E-state index is -0.305. The molecule has 1 aromatic rings. The van der Waals surface area contributed by atoms with E-state index >= 15 is 0 Å². The molecule has 1 rings (SSSR count). The number of esters is 1. The third-order valence-corrected chi connectivity index (χ3v) is 2.45. The van der Waals surface area contributed by atoms with Crippen LogP contribution in [0.1, 0.15) is 32.5 Å². The summed E-state index contributed by atoms with van der Waals surface area (Å²) in [4.78, 5) is 15.3. The van der Waals surface area contributed by atoms with Gasteiger partial charge in [0, 0.05) is 18.8 Å². The SMILES string of the molecule is COC(=O)[C@H](C)NCc1cncn1C(C)C.